The standard InChI is InChI=1S/C20H17ClFNO2S/c1-15-7-10-18(13-20(15)22)23(14-16-5-3-2-4-6-16)26(24,25)19-11-8-17(21)9-12-19/h2-13H,14H2,1H3. The maximum atomic E-state index is 14.1. The van der Waals surface area contributed by atoms with Crippen LogP contribution in [0, 0.1) is 12.7 Å². The molecule has 26 heavy (non-hydrogen) atoms. The normalized spacial score (nSPS) is 11.3. The van der Waals surface area contributed by atoms with Crippen LogP contribution >= 0.6 is 11.6 Å². The predicted molar refractivity (Wildman–Crippen MR) is 102 cm³/mol. The average Bonchev–Trinajstić information content (AvgIpc) is 2.63. The molecule has 0 fully saturated rings. The van der Waals surface area contributed by atoms with E-state index < -0.39 is 15.8 Å². The highest BCUT2D eigenvalue weighted by Gasteiger charge is 2.25. The van der Waals surface area contributed by atoms with E-state index in [-0.39, 0.29) is 17.1 Å². The monoisotopic (exact) mass is 389 g/mol. The van der Waals surface area contributed by atoms with E-state index in [0.717, 1.165) is 5.56 Å². The van der Waals surface area contributed by atoms with Crippen LogP contribution in [-0.4, -0.2) is 8.42 Å². The van der Waals surface area contributed by atoms with Crippen molar-refractivity contribution in [3.05, 3.63) is 94.8 Å². The van der Waals surface area contributed by atoms with Crippen LogP contribution in [0.25, 0.3) is 0 Å². The number of hydrogen-bond acceptors (Lipinski definition) is 2. The zero-order valence-electron chi connectivity index (χ0n) is 14.1. The van der Waals surface area contributed by atoms with Crippen molar-refractivity contribution in [1.29, 1.82) is 0 Å². The molecule has 134 valence electrons. The van der Waals surface area contributed by atoms with Crippen LogP contribution in [0.4, 0.5) is 10.1 Å². The highest BCUT2D eigenvalue weighted by atomic mass is 35.5. The van der Waals surface area contributed by atoms with Crippen molar-refractivity contribution in [1.82, 2.24) is 0 Å². The van der Waals surface area contributed by atoms with Crippen LogP contribution in [0.5, 0.6) is 0 Å². The van der Waals surface area contributed by atoms with Crippen LogP contribution in [0.3, 0.4) is 0 Å². The van der Waals surface area contributed by atoms with Crippen LogP contribution in [0.15, 0.2) is 77.7 Å². The van der Waals surface area contributed by atoms with Gasteiger partial charge in [0.25, 0.3) is 10.0 Å². The largest absolute Gasteiger partial charge is 0.264 e. The first-order chi connectivity index (χ1) is 12.4. The summed E-state index contributed by atoms with van der Waals surface area (Å²) in [6.07, 6.45) is 0. The summed E-state index contributed by atoms with van der Waals surface area (Å²) in [6.45, 7) is 1.72. The second kappa shape index (κ2) is 7.48. The Morgan fingerprint density at radius 3 is 2.23 bits per heavy atom. The van der Waals surface area contributed by atoms with Gasteiger partial charge < -0.3 is 0 Å². The first-order valence-electron chi connectivity index (χ1n) is 7.96. The number of hydrogen-bond donors (Lipinski definition) is 0. The Morgan fingerprint density at radius 2 is 1.62 bits per heavy atom. The van der Waals surface area contributed by atoms with E-state index in [1.807, 2.05) is 30.3 Å². The summed E-state index contributed by atoms with van der Waals surface area (Å²) in [5, 5.41) is 0.444. The third-order valence-corrected chi connectivity index (χ3v) is 6.05. The van der Waals surface area contributed by atoms with Gasteiger partial charge in [-0.15, -0.1) is 0 Å². The SMILES string of the molecule is Cc1ccc(N(Cc2ccccc2)S(=O)(=O)c2ccc(Cl)cc2)cc1F. The molecule has 0 unspecified atom stereocenters. The summed E-state index contributed by atoms with van der Waals surface area (Å²) >= 11 is 5.87. The number of halogens is 2. The molecular formula is C20H17ClFNO2S. The molecule has 0 saturated carbocycles. The number of benzene rings is 3. The molecule has 0 spiro atoms. The average molecular weight is 390 g/mol. The fraction of sp³-hybridized carbons (Fsp3) is 0.100. The van der Waals surface area contributed by atoms with Crippen molar-refractivity contribution >= 4 is 27.3 Å². The molecule has 0 amide bonds. The second-order valence-corrected chi connectivity index (χ2v) is 8.18. The van der Waals surface area contributed by atoms with Crippen molar-refractivity contribution in [2.24, 2.45) is 0 Å². The van der Waals surface area contributed by atoms with Gasteiger partial charge in [-0.1, -0.05) is 48.0 Å². The van der Waals surface area contributed by atoms with Gasteiger partial charge in [0, 0.05) is 5.02 Å². The van der Waals surface area contributed by atoms with Gasteiger partial charge in [-0.2, -0.15) is 0 Å². The summed E-state index contributed by atoms with van der Waals surface area (Å²) in [6, 6.07) is 19.5. The van der Waals surface area contributed by atoms with Crippen LogP contribution in [-0.2, 0) is 16.6 Å². The minimum absolute atomic E-state index is 0.0916. The Hall–Kier alpha value is -2.37. The maximum Gasteiger partial charge on any atom is 0.264 e. The van der Waals surface area contributed by atoms with Gasteiger partial charge in [0.1, 0.15) is 5.82 Å². The highest BCUT2D eigenvalue weighted by Crippen LogP contribution is 2.28. The first kappa shape index (κ1) is 18.4. The van der Waals surface area contributed by atoms with Crippen LogP contribution in [0.2, 0.25) is 5.02 Å². The molecule has 0 atom stereocenters. The molecule has 0 N–H and O–H groups in total. The third-order valence-electron chi connectivity index (χ3n) is 4.01. The van der Waals surface area contributed by atoms with Gasteiger partial charge in [-0.25, -0.2) is 12.8 Å². The third kappa shape index (κ3) is 3.89. The van der Waals surface area contributed by atoms with E-state index in [2.05, 4.69) is 0 Å². The van der Waals surface area contributed by atoms with Gasteiger partial charge in [0.2, 0.25) is 0 Å². The molecule has 0 aliphatic carbocycles. The van der Waals surface area contributed by atoms with Gasteiger partial charge >= 0.3 is 0 Å². The van der Waals surface area contributed by atoms with E-state index >= 15 is 0 Å². The fourth-order valence-electron chi connectivity index (χ4n) is 2.53. The van der Waals surface area contributed by atoms with E-state index in [1.54, 1.807) is 19.1 Å². The van der Waals surface area contributed by atoms with Crippen molar-refractivity contribution < 1.29 is 12.8 Å². The summed E-state index contributed by atoms with van der Waals surface area (Å²) in [5.41, 5.74) is 1.52. The lowest BCUT2D eigenvalue weighted by Gasteiger charge is -2.25. The molecule has 0 aliphatic rings. The molecule has 0 aliphatic heterocycles. The van der Waals surface area contributed by atoms with Crippen LogP contribution < -0.4 is 4.31 Å². The van der Waals surface area contributed by atoms with Gasteiger partial charge in [-0.05, 0) is 54.4 Å². The Morgan fingerprint density at radius 1 is 0.962 bits per heavy atom. The topological polar surface area (TPSA) is 37.4 Å². The first-order valence-corrected chi connectivity index (χ1v) is 9.78. The minimum Gasteiger partial charge on any atom is -0.262 e. The van der Waals surface area contributed by atoms with Gasteiger partial charge in [-0.3, -0.25) is 4.31 Å². The molecule has 6 heteroatoms. The number of sulfonamides is 1. The van der Waals surface area contributed by atoms with Crippen molar-refractivity contribution in [3.63, 3.8) is 0 Å². The Balaban J connectivity index is 2.10. The van der Waals surface area contributed by atoms with E-state index in [4.69, 9.17) is 11.6 Å². The summed E-state index contributed by atoms with van der Waals surface area (Å²) in [5.74, 6) is -0.452. The van der Waals surface area contributed by atoms with Gasteiger partial charge in [0.15, 0.2) is 0 Å². The molecule has 0 saturated heterocycles. The maximum absolute atomic E-state index is 14.1. The summed E-state index contributed by atoms with van der Waals surface area (Å²) < 4.78 is 41.7. The molecule has 3 nitrogen and oxygen atoms in total. The second-order valence-electron chi connectivity index (χ2n) is 5.88. The van der Waals surface area contributed by atoms with Crippen molar-refractivity contribution in [2.45, 2.75) is 18.4 Å². The Bertz CT molecular complexity index is 1010. The molecule has 3 rings (SSSR count). The molecule has 3 aromatic rings. The zero-order valence-corrected chi connectivity index (χ0v) is 15.6. The zero-order chi connectivity index (χ0) is 18.7. The fourth-order valence-corrected chi connectivity index (χ4v) is 4.11. The molecule has 0 radical (unpaired) electrons. The van der Waals surface area contributed by atoms with Crippen LogP contribution in [0.1, 0.15) is 11.1 Å². The predicted octanol–water partition coefficient (Wildman–Crippen LogP) is 5.18. The lowest BCUT2D eigenvalue weighted by atomic mass is 10.2. The highest BCUT2D eigenvalue weighted by molar-refractivity contribution is 7.92. The number of nitrogens with zero attached hydrogens (tertiary/aromatic N) is 1. The van der Waals surface area contributed by atoms with E-state index in [9.17, 15) is 12.8 Å². The molecule has 0 heterocycles. The van der Waals surface area contributed by atoms with E-state index in [0.29, 0.717) is 10.6 Å². The number of aryl methyl sites for hydroxylation is 1. The minimum atomic E-state index is -3.89. The Labute approximate surface area is 157 Å². The van der Waals surface area contributed by atoms with Gasteiger partial charge in [0.05, 0.1) is 17.1 Å². The molecule has 0 bridgehead atoms. The lowest BCUT2D eigenvalue weighted by molar-refractivity contribution is 0.589. The Kier molecular flexibility index (Phi) is 5.30. The summed E-state index contributed by atoms with van der Waals surface area (Å²) in [4.78, 5) is 0.0961. The lowest BCUT2D eigenvalue weighted by Crippen LogP contribution is -2.30. The van der Waals surface area contributed by atoms with E-state index in [1.165, 1.54) is 34.6 Å². The van der Waals surface area contributed by atoms with Crippen molar-refractivity contribution in [3.8, 4) is 0 Å². The quantitative estimate of drug-likeness (QED) is 0.602. The number of anilines is 1. The van der Waals surface area contributed by atoms with Crippen molar-refractivity contribution in [2.75, 3.05) is 4.31 Å². The molecule has 3 aromatic carbocycles. The summed E-state index contributed by atoms with van der Waals surface area (Å²) in [7, 11) is -3.89. The molecular weight excluding hydrogens is 373 g/mol. The number of rotatable bonds is 5. The smallest absolute Gasteiger partial charge is 0.262 e. The molecule has 0 aromatic heterocycles.